The molecule has 2 atom stereocenters. The topological polar surface area (TPSA) is 136 Å². The Kier molecular flexibility index (Phi) is 7.02. The molecule has 2 unspecified atom stereocenters. The van der Waals surface area contributed by atoms with Gasteiger partial charge in [0.25, 0.3) is 0 Å². The van der Waals surface area contributed by atoms with Crippen molar-refractivity contribution >= 4 is 23.9 Å². The lowest BCUT2D eigenvalue weighted by molar-refractivity contribution is -0.159. The molecule has 0 saturated carbocycles. The fourth-order valence-corrected chi connectivity index (χ4v) is 4.55. The number of aliphatic hydroxyl groups excluding tert-OH is 1. The van der Waals surface area contributed by atoms with Crippen LogP contribution in [0.15, 0.2) is 48.5 Å². The molecule has 4 rings (SSSR count). The Hall–Kier alpha value is -3.92. The molecule has 2 aromatic rings. The van der Waals surface area contributed by atoms with Gasteiger partial charge < -0.3 is 30.1 Å². The number of carbonyl (C=O) groups excluding carboxylic acids is 3. The predicted molar refractivity (Wildman–Crippen MR) is 124 cm³/mol. The zero-order chi connectivity index (χ0) is 25.1. The Morgan fingerprint density at radius 1 is 1.09 bits per heavy atom. The summed E-state index contributed by atoms with van der Waals surface area (Å²) in [5.41, 5.74) is 4.35. The molecule has 1 aliphatic carbocycles. The molecule has 2 aromatic carbocycles. The maximum absolute atomic E-state index is 12.5. The minimum absolute atomic E-state index is 0.109. The number of nitrogens with one attached hydrogen (secondary N) is 1. The minimum Gasteiger partial charge on any atom is -0.480 e. The molecular weight excluding hydrogens is 454 g/mol. The van der Waals surface area contributed by atoms with E-state index in [0.717, 1.165) is 27.2 Å². The number of nitrogens with zero attached hydrogens (tertiary/aromatic N) is 2. The fraction of sp³-hybridized carbons (Fsp3) is 0.360. The molecule has 10 heteroatoms. The summed E-state index contributed by atoms with van der Waals surface area (Å²) in [6.07, 6.45) is -2.45. The molecule has 3 N–H and O–H groups in total. The molecule has 3 amide bonds. The monoisotopic (exact) mass is 481 g/mol. The highest BCUT2D eigenvalue weighted by Gasteiger charge is 2.38. The normalized spacial score (nSPS) is 18.0. The number of likely N-dealkylation sites (N-methyl/N-ethyl adjacent to an activating group) is 1. The van der Waals surface area contributed by atoms with Gasteiger partial charge in [-0.2, -0.15) is 0 Å². The quantitative estimate of drug-likeness (QED) is 0.537. The van der Waals surface area contributed by atoms with Crippen LogP contribution in [0.3, 0.4) is 0 Å². The average Bonchev–Trinajstić information content (AvgIpc) is 3.16. The van der Waals surface area contributed by atoms with E-state index in [0.29, 0.717) is 0 Å². The minimum atomic E-state index is -1.27. The third-order valence-corrected chi connectivity index (χ3v) is 6.40. The van der Waals surface area contributed by atoms with E-state index in [1.165, 1.54) is 11.9 Å². The standard InChI is InChI=1S/C25H27N3O7/c1-27-12-21(24(32)33)28(13-23(27)31)22(30)10-15(29)11-26-25(34)35-14-20-18-8-4-2-6-16(18)17-7-3-5-9-19(17)20/h2-9,15,20-21,29H,10-14H2,1H3,(H,26,34)(H,32,33). The number of fused-ring (bicyclic) bond motifs is 3. The molecule has 2 aliphatic rings. The summed E-state index contributed by atoms with van der Waals surface area (Å²) >= 11 is 0. The molecule has 1 aliphatic heterocycles. The van der Waals surface area contributed by atoms with Crippen molar-refractivity contribution in [3.05, 3.63) is 59.7 Å². The summed E-state index contributed by atoms with van der Waals surface area (Å²) < 4.78 is 5.40. The Bertz CT molecular complexity index is 1110. The van der Waals surface area contributed by atoms with E-state index < -0.39 is 36.5 Å². The van der Waals surface area contributed by atoms with Crippen LogP contribution in [0.5, 0.6) is 0 Å². The molecule has 1 saturated heterocycles. The molecule has 1 heterocycles. The summed E-state index contributed by atoms with van der Waals surface area (Å²) in [4.78, 5) is 50.4. The average molecular weight is 482 g/mol. The number of rotatable bonds is 7. The van der Waals surface area contributed by atoms with Gasteiger partial charge in [0.1, 0.15) is 19.2 Å². The van der Waals surface area contributed by atoms with Crippen molar-refractivity contribution in [2.45, 2.75) is 24.5 Å². The van der Waals surface area contributed by atoms with Crippen LogP contribution in [0, 0.1) is 0 Å². The van der Waals surface area contributed by atoms with E-state index in [-0.39, 0.29) is 38.1 Å². The van der Waals surface area contributed by atoms with Crippen LogP contribution in [-0.2, 0) is 19.1 Å². The van der Waals surface area contributed by atoms with Crippen molar-refractivity contribution in [3.8, 4) is 11.1 Å². The smallest absolute Gasteiger partial charge is 0.407 e. The molecular formula is C25H27N3O7. The van der Waals surface area contributed by atoms with Gasteiger partial charge in [0, 0.05) is 19.5 Å². The lowest BCUT2D eigenvalue weighted by Crippen LogP contribution is -2.60. The Balaban J connectivity index is 1.28. The van der Waals surface area contributed by atoms with Crippen LogP contribution < -0.4 is 5.32 Å². The first-order chi connectivity index (χ1) is 16.8. The molecule has 0 bridgehead atoms. The van der Waals surface area contributed by atoms with Gasteiger partial charge in [0.15, 0.2) is 0 Å². The highest BCUT2D eigenvalue weighted by atomic mass is 16.5. The van der Waals surface area contributed by atoms with Gasteiger partial charge in [-0.15, -0.1) is 0 Å². The van der Waals surface area contributed by atoms with Crippen molar-refractivity contribution in [2.75, 3.05) is 33.3 Å². The van der Waals surface area contributed by atoms with Crippen LogP contribution in [0.1, 0.15) is 23.5 Å². The molecule has 0 radical (unpaired) electrons. The third kappa shape index (κ3) is 5.12. The zero-order valence-electron chi connectivity index (χ0n) is 19.2. The first-order valence-electron chi connectivity index (χ1n) is 11.3. The number of carboxylic acids is 1. The maximum Gasteiger partial charge on any atom is 0.407 e. The van der Waals surface area contributed by atoms with Crippen molar-refractivity contribution in [2.24, 2.45) is 0 Å². The van der Waals surface area contributed by atoms with E-state index in [9.17, 15) is 29.4 Å². The van der Waals surface area contributed by atoms with Gasteiger partial charge in [-0.3, -0.25) is 9.59 Å². The van der Waals surface area contributed by atoms with Crippen LogP contribution in [0.4, 0.5) is 4.79 Å². The highest BCUT2D eigenvalue weighted by molar-refractivity contribution is 5.91. The van der Waals surface area contributed by atoms with Crippen LogP contribution >= 0.6 is 0 Å². The van der Waals surface area contributed by atoms with E-state index in [1.54, 1.807) is 0 Å². The van der Waals surface area contributed by atoms with E-state index in [4.69, 9.17) is 4.74 Å². The number of hydrogen-bond donors (Lipinski definition) is 3. The van der Waals surface area contributed by atoms with Crippen molar-refractivity contribution < 1.29 is 34.1 Å². The summed E-state index contributed by atoms with van der Waals surface area (Å²) in [5, 5.41) is 22.0. The number of carbonyl (C=O) groups is 4. The molecule has 0 aromatic heterocycles. The van der Waals surface area contributed by atoms with Gasteiger partial charge in [0.05, 0.1) is 19.1 Å². The second-order valence-corrected chi connectivity index (χ2v) is 8.71. The summed E-state index contributed by atoms with van der Waals surface area (Å²) in [5.74, 6) is -2.41. The third-order valence-electron chi connectivity index (χ3n) is 6.40. The largest absolute Gasteiger partial charge is 0.480 e. The Labute approximate surface area is 202 Å². The summed E-state index contributed by atoms with van der Waals surface area (Å²) in [6.45, 7) is -0.659. The second-order valence-electron chi connectivity index (χ2n) is 8.71. The van der Waals surface area contributed by atoms with E-state index >= 15 is 0 Å². The number of alkyl carbamates (subject to hydrolysis) is 1. The molecule has 184 valence electrons. The number of aliphatic hydroxyl groups is 1. The lowest BCUT2D eigenvalue weighted by atomic mass is 9.98. The fourth-order valence-electron chi connectivity index (χ4n) is 4.55. The van der Waals surface area contributed by atoms with Gasteiger partial charge >= 0.3 is 12.1 Å². The zero-order valence-corrected chi connectivity index (χ0v) is 19.2. The van der Waals surface area contributed by atoms with E-state index in [1.807, 2.05) is 48.5 Å². The summed E-state index contributed by atoms with van der Waals surface area (Å²) in [6, 6.07) is 14.7. The van der Waals surface area contributed by atoms with Gasteiger partial charge in [-0.25, -0.2) is 9.59 Å². The molecule has 1 fully saturated rings. The maximum atomic E-state index is 12.5. The first-order valence-corrected chi connectivity index (χ1v) is 11.3. The SMILES string of the molecule is CN1CC(C(=O)O)N(C(=O)CC(O)CNC(=O)OCC2c3ccccc3-c3ccccc32)CC1=O. The molecule has 35 heavy (non-hydrogen) atoms. The second kappa shape index (κ2) is 10.1. The number of hydrogen-bond acceptors (Lipinski definition) is 6. The Morgan fingerprint density at radius 3 is 2.29 bits per heavy atom. The lowest BCUT2D eigenvalue weighted by Gasteiger charge is -2.37. The highest BCUT2D eigenvalue weighted by Crippen LogP contribution is 2.44. The van der Waals surface area contributed by atoms with Gasteiger partial charge in [-0.05, 0) is 22.3 Å². The van der Waals surface area contributed by atoms with Crippen molar-refractivity contribution in [1.82, 2.24) is 15.1 Å². The number of amides is 3. The van der Waals surface area contributed by atoms with Crippen LogP contribution in [-0.4, -0.2) is 89.3 Å². The van der Waals surface area contributed by atoms with Crippen LogP contribution in [0.25, 0.3) is 11.1 Å². The molecule has 0 spiro atoms. The number of ether oxygens (including phenoxy) is 1. The molecule has 10 nitrogen and oxygen atoms in total. The first kappa shape index (κ1) is 24.2. The Morgan fingerprint density at radius 2 is 1.69 bits per heavy atom. The number of benzene rings is 2. The number of piperazine rings is 1. The summed E-state index contributed by atoms with van der Waals surface area (Å²) in [7, 11) is 1.47. The van der Waals surface area contributed by atoms with Crippen LogP contribution in [0.2, 0.25) is 0 Å². The van der Waals surface area contributed by atoms with Gasteiger partial charge in [0.2, 0.25) is 11.8 Å². The van der Waals surface area contributed by atoms with E-state index in [2.05, 4.69) is 5.32 Å². The van der Waals surface area contributed by atoms with Crippen molar-refractivity contribution in [3.63, 3.8) is 0 Å². The van der Waals surface area contributed by atoms with Crippen molar-refractivity contribution in [1.29, 1.82) is 0 Å². The number of aliphatic carboxylic acids is 1. The predicted octanol–water partition coefficient (Wildman–Crippen LogP) is 1.03. The number of carboxylic acid groups (broad SMARTS) is 1. The van der Waals surface area contributed by atoms with Gasteiger partial charge in [-0.1, -0.05) is 48.5 Å².